The fourth-order valence-electron chi connectivity index (χ4n) is 2.13. The van der Waals surface area contributed by atoms with Gasteiger partial charge in [0.2, 0.25) is 0 Å². The van der Waals surface area contributed by atoms with Gasteiger partial charge in [-0.25, -0.2) is 9.07 Å². The van der Waals surface area contributed by atoms with Gasteiger partial charge in [-0.05, 0) is 47.2 Å². The summed E-state index contributed by atoms with van der Waals surface area (Å²) in [5, 5.41) is 14.3. The molecule has 0 radical (unpaired) electrons. The summed E-state index contributed by atoms with van der Waals surface area (Å²) in [5.74, 6) is -0.202. The van der Waals surface area contributed by atoms with Crippen molar-refractivity contribution in [3.63, 3.8) is 0 Å². The van der Waals surface area contributed by atoms with Crippen LogP contribution >= 0.6 is 0 Å². The van der Waals surface area contributed by atoms with Crippen molar-refractivity contribution in [1.82, 2.24) is 20.2 Å². The molecule has 0 atom stereocenters. The van der Waals surface area contributed by atoms with Crippen molar-refractivity contribution in [2.24, 2.45) is 0 Å². The van der Waals surface area contributed by atoms with Gasteiger partial charge in [-0.1, -0.05) is 18.2 Å². The monoisotopic (exact) mass is 283 g/mol. The van der Waals surface area contributed by atoms with Crippen LogP contribution in [0.4, 0.5) is 10.1 Å². The first kappa shape index (κ1) is 13.2. The van der Waals surface area contributed by atoms with E-state index in [0.29, 0.717) is 12.1 Å². The maximum atomic E-state index is 13.6. The Labute approximate surface area is 121 Å². The minimum Gasteiger partial charge on any atom is -0.381 e. The van der Waals surface area contributed by atoms with Crippen molar-refractivity contribution in [3.05, 3.63) is 65.7 Å². The minimum atomic E-state index is -0.202. The van der Waals surface area contributed by atoms with E-state index >= 15 is 0 Å². The van der Waals surface area contributed by atoms with Crippen molar-refractivity contribution in [2.75, 3.05) is 5.32 Å². The smallest absolute Gasteiger partial charge is 0.143 e. The molecule has 3 aromatic rings. The van der Waals surface area contributed by atoms with Crippen molar-refractivity contribution >= 4 is 5.69 Å². The van der Waals surface area contributed by atoms with Crippen molar-refractivity contribution in [2.45, 2.75) is 13.5 Å². The molecule has 0 fully saturated rings. The molecule has 1 aromatic heterocycles. The predicted molar refractivity (Wildman–Crippen MR) is 77.6 cm³/mol. The molecule has 5 nitrogen and oxygen atoms in total. The Balaban J connectivity index is 1.76. The molecule has 0 spiro atoms. The minimum absolute atomic E-state index is 0.202. The van der Waals surface area contributed by atoms with Crippen LogP contribution in [0.2, 0.25) is 0 Å². The first-order chi connectivity index (χ1) is 10.2. The second kappa shape index (κ2) is 5.70. The third-order valence-corrected chi connectivity index (χ3v) is 3.23. The molecular formula is C15H14FN5. The number of rotatable bonds is 4. The van der Waals surface area contributed by atoms with Gasteiger partial charge in [-0.2, -0.15) is 0 Å². The molecule has 0 unspecified atom stereocenters. The number of tetrazole rings is 1. The number of benzene rings is 2. The van der Waals surface area contributed by atoms with Crippen molar-refractivity contribution < 1.29 is 4.39 Å². The topological polar surface area (TPSA) is 55.6 Å². The normalized spacial score (nSPS) is 10.6. The molecule has 2 aromatic carbocycles. The average Bonchev–Trinajstić information content (AvgIpc) is 3.00. The van der Waals surface area contributed by atoms with Gasteiger partial charge in [0.15, 0.2) is 0 Å². The highest BCUT2D eigenvalue weighted by Gasteiger charge is 2.05. The Morgan fingerprint density at radius 3 is 2.76 bits per heavy atom. The van der Waals surface area contributed by atoms with E-state index in [4.69, 9.17) is 0 Å². The van der Waals surface area contributed by atoms with Crippen LogP contribution in [0, 0.1) is 12.7 Å². The summed E-state index contributed by atoms with van der Waals surface area (Å²) in [6.07, 6.45) is 1.55. The van der Waals surface area contributed by atoms with E-state index in [1.807, 2.05) is 31.2 Å². The molecule has 0 aliphatic carbocycles. The molecule has 0 aliphatic rings. The van der Waals surface area contributed by atoms with E-state index in [-0.39, 0.29) is 5.82 Å². The van der Waals surface area contributed by atoms with Crippen LogP contribution < -0.4 is 5.32 Å². The van der Waals surface area contributed by atoms with Crippen LogP contribution in [-0.2, 0) is 6.54 Å². The quantitative estimate of drug-likeness (QED) is 0.800. The second-order valence-corrected chi connectivity index (χ2v) is 4.70. The predicted octanol–water partition coefficient (Wildman–Crippen LogP) is 2.72. The fourth-order valence-corrected chi connectivity index (χ4v) is 2.13. The number of hydrogen-bond acceptors (Lipinski definition) is 4. The number of nitrogens with zero attached hydrogens (tertiary/aromatic N) is 4. The summed E-state index contributed by atoms with van der Waals surface area (Å²) in [6.45, 7) is 2.42. The van der Waals surface area contributed by atoms with E-state index in [9.17, 15) is 4.39 Å². The summed E-state index contributed by atoms with van der Waals surface area (Å²) in [6, 6.07) is 12.6. The molecular weight excluding hydrogens is 269 g/mol. The Bertz CT molecular complexity index is 740. The average molecular weight is 283 g/mol. The summed E-state index contributed by atoms with van der Waals surface area (Å²) in [4.78, 5) is 0. The summed E-state index contributed by atoms with van der Waals surface area (Å²) in [7, 11) is 0. The molecule has 0 saturated heterocycles. The Morgan fingerprint density at radius 2 is 2.05 bits per heavy atom. The zero-order chi connectivity index (χ0) is 14.7. The van der Waals surface area contributed by atoms with Crippen molar-refractivity contribution in [3.8, 4) is 5.69 Å². The molecule has 0 bridgehead atoms. The molecule has 0 amide bonds. The van der Waals surface area contributed by atoms with Crippen molar-refractivity contribution in [1.29, 1.82) is 0 Å². The molecule has 1 N–H and O–H groups in total. The highest BCUT2D eigenvalue weighted by atomic mass is 19.1. The first-order valence-electron chi connectivity index (χ1n) is 6.55. The van der Waals surface area contributed by atoms with E-state index < -0.39 is 0 Å². The maximum absolute atomic E-state index is 13.6. The van der Waals surface area contributed by atoms with Gasteiger partial charge in [-0.3, -0.25) is 0 Å². The molecule has 106 valence electrons. The molecule has 1 heterocycles. The number of aromatic nitrogens is 4. The number of hydrogen-bond donors (Lipinski definition) is 1. The van der Waals surface area contributed by atoms with Gasteiger partial charge in [0, 0.05) is 17.8 Å². The standard InChI is InChI=1S/C15H14FN5/c1-11-8-13(6-7-15(11)21-10-18-19-20-21)17-9-12-4-2-3-5-14(12)16/h2-8,10,17H,9H2,1H3. The van der Waals surface area contributed by atoms with Gasteiger partial charge >= 0.3 is 0 Å². The molecule has 3 rings (SSSR count). The Hall–Kier alpha value is -2.76. The van der Waals surface area contributed by atoms with Gasteiger partial charge < -0.3 is 5.32 Å². The molecule has 0 aliphatic heterocycles. The van der Waals surface area contributed by atoms with E-state index in [0.717, 1.165) is 16.9 Å². The van der Waals surface area contributed by atoms with Crippen LogP contribution in [0.15, 0.2) is 48.8 Å². The fraction of sp³-hybridized carbons (Fsp3) is 0.133. The number of nitrogens with one attached hydrogen (secondary N) is 1. The summed E-state index contributed by atoms with van der Waals surface area (Å²) >= 11 is 0. The lowest BCUT2D eigenvalue weighted by Gasteiger charge is -2.10. The third kappa shape index (κ3) is 2.89. The Kier molecular flexibility index (Phi) is 3.59. The summed E-state index contributed by atoms with van der Waals surface area (Å²) < 4.78 is 15.2. The highest BCUT2D eigenvalue weighted by molar-refractivity contribution is 5.53. The first-order valence-corrected chi connectivity index (χ1v) is 6.55. The number of anilines is 1. The van der Waals surface area contributed by atoms with E-state index in [1.165, 1.54) is 6.07 Å². The maximum Gasteiger partial charge on any atom is 0.143 e. The van der Waals surface area contributed by atoms with Crippen LogP contribution in [0.3, 0.4) is 0 Å². The molecule has 0 saturated carbocycles. The molecule has 21 heavy (non-hydrogen) atoms. The van der Waals surface area contributed by atoms with Gasteiger partial charge in [0.1, 0.15) is 12.1 Å². The van der Waals surface area contributed by atoms with Crippen LogP contribution in [0.5, 0.6) is 0 Å². The zero-order valence-electron chi connectivity index (χ0n) is 11.5. The number of aryl methyl sites for hydroxylation is 1. The van der Waals surface area contributed by atoms with E-state index in [1.54, 1.807) is 23.1 Å². The highest BCUT2D eigenvalue weighted by Crippen LogP contribution is 2.19. The van der Waals surface area contributed by atoms with Gasteiger partial charge in [0.25, 0.3) is 0 Å². The van der Waals surface area contributed by atoms with Crippen LogP contribution in [0.1, 0.15) is 11.1 Å². The SMILES string of the molecule is Cc1cc(NCc2ccccc2F)ccc1-n1cnnn1. The van der Waals surface area contributed by atoms with Gasteiger partial charge in [0.05, 0.1) is 5.69 Å². The van der Waals surface area contributed by atoms with E-state index in [2.05, 4.69) is 20.8 Å². The third-order valence-electron chi connectivity index (χ3n) is 3.23. The lowest BCUT2D eigenvalue weighted by Crippen LogP contribution is -2.03. The van der Waals surface area contributed by atoms with Crippen LogP contribution in [-0.4, -0.2) is 20.2 Å². The zero-order valence-corrected chi connectivity index (χ0v) is 11.5. The molecule has 6 heteroatoms. The summed E-state index contributed by atoms with van der Waals surface area (Å²) in [5.41, 5.74) is 3.50. The Morgan fingerprint density at radius 1 is 1.19 bits per heavy atom. The lowest BCUT2D eigenvalue weighted by molar-refractivity contribution is 0.613. The van der Waals surface area contributed by atoms with Crippen LogP contribution in [0.25, 0.3) is 5.69 Å². The second-order valence-electron chi connectivity index (χ2n) is 4.70. The van der Waals surface area contributed by atoms with Gasteiger partial charge in [-0.15, -0.1) is 5.10 Å². The lowest BCUT2D eigenvalue weighted by atomic mass is 10.1. The largest absolute Gasteiger partial charge is 0.381 e. The number of halogens is 1.